The number of aromatic hydroxyl groups is 1. The fraction of sp³-hybridized carbons (Fsp3) is 0.538. The van der Waals surface area contributed by atoms with Crippen molar-refractivity contribution in [3.8, 4) is 5.75 Å². The van der Waals surface area contributed by atoms with Crippen molar-refractivity contribution in [2.75, 3.05) is 18.1 Å². The number of benzene rings is 1. The van der Waals surface area contributed by atoms with Crippen molar-refractivity contribution in [3.63, 3.8) is 0 Å². The molecule has 3 N–H and O–H groups in total. The molecule has 1 aromatic carbocycles. The van der Waals surface area contributed by atoms with Gasteiger partial charge in [-0.15, -0.1) is 0 Å². The summed E-state index contributed by atoms with van der Waals surface area (Å²) in [6.45, 7) is 1.72. The maximum absolute atomic E-state index is 9.80. The summed E-state index contributed by atoms with van der Waals surface area (Å²) in [7, 11) is 0. The Hall–Kier alpha value is -0.710. The second-order valence-electron chi connectivity index (χ2n) is 4.10. The lowest BCUT2D eigenvalue weighted by atomic mass is 10.1. The number of aliphatic hydroxyl groups excluding tert-OH is 2. The van der Waals surface area contributed by atoms with Crippen LogP contribution in [0.25, 0.3) is 0 Å². The first-order chi connectivity index (χ1) is 8.15. The van der Waals surface area contributed by atoms with Gasteiger partial charge in [-0.3, -0.25) is 0 Å². The Labute approximate surface area is 106 Å². The van der Waals surface area contributed by atoms with E-state index in [4.69, 9.17) is 10.2 Å². The van der Waals surface area contributed by atoms with Crippen LogP contribution < -0.4 is 0 Å². The molecule has 0 saturated carbocycles. The summed E-state index contributed by atoms with van der Waals surface area (Å²) in [6.07, 6.45) is 1.18. The van der Waals surface area contributed by atoms with Gasteiger partial charge in [0.2, 0.25) is 0 Å². The normalized spacial score (nSPS) is 12.6. The van der Waals surface area contributed by atoms with E-state index < -0.39 is 6.10 Å². The highest BCUT2D eigenvalue weighted by atomic mass is 32.2. The molecule has 0 aromatic heterocycles. The third-order valence-electron chi connectivity index (χ3n) is 2.58. The fourth-order valence-corrected chi connectivity index (χ4v) is 2.45. The van der Waals surface area contributed by atoms with Crippen LogP contribution in [0.4, 0.5) is 0 Å². The summed E-state index contributed by atoms with van der Waals surface area (Å²) in [6, 6.07) is 5.79. The van der Waals surface area contributed by atoms with Crippen LogP contribution in [0.3, 0.4) is 0 Å². The Morgan fingerprint density at radius 2 is 2.12 bits per heavy atom. The minimum atomic E-state index is -0.618. The van der Waals surface area contributed by atoms with E-state index in [-0.39, 0.29) is 6.61 Å². The highest BCUT2D eigenvalue weighted by Gasteiger charge is 2.04. The van der Waals surface area contributed by atoms with E-state index in [2.05, 4.69) is 0 Å². The summed E-state index contributed by atoms with van der Waals surface area (Å²) < 4.78 is 0. The number of hydrogen-bond acceptors (Lipinski definition) is 4. The lowest BCUT2D eigenvalue weighted by Gasteiger charge is -2.08. The molecular formula is C13H20O3S. The molecule has 3 nitrogen and oxygen atoms in total. The molecule has 1 unspecified atom stereocenters. The zero-order chi connectivity index (χ0) is 12.7. The maximum atomic E-state index is 9.80. The predicted molar refractivity (Wildman–Crippen MR) is 71.6 cm³/mol. The molecule has 0 radical (unpaired) electrons. The minimum absolute atomic E-state index is 0.175. The molecule has 96 valence electrons. The van der Waals surface area contributed by atoms with Gasteiger partial charge in [0.15, 0.2) is 0 Å². The summed E-state index contributed by atoms with van der Waals surface area (Å²) in [5.41, 5.74) is 1.89. The molecule has 0 aliphatic carbocycles. The molecule has 1 atom stereocenters. The standard InChI is InChI=1S/C13H20O3S/c1-10-4-2-5-11(13(10)16)6-3-7-17-9-12(15)8-14/h2,4-5,12,14-16H,3,6-9H2,1H3. The van der Waals surface area contributed by atoms with Gasteiger partial charge in [-0.25, -0.2) is 0 Å². The zero-order valence-electron chi connectivity index (χ0n) is 10.1. The van der Waals surface area contributed by atoms with Crippen LogP contribution in [0.1, 0.15) is 17.5 Å². The largest absolute Gasteiger partial charge is 0.507 e. The predicted octanol–water partition coefficient (Wildman–Crippen LogP) is 1.72. The second-order valence-corrected chi connectivity index (χ2v) is 5.25. The second kappa shape index (κ2) is 7.58. The van der Waals surface area contributed by atoms with E-state index in [1.165, 1.54) is 0 Å². The summed E-state index contributed by atoms with van der Waals surface area (Å²) in [5, 5.41) is 27.6. The summed E-state index contributed by atoms with van der Waals surface area (Å²) in [4.78, 5) is 0. The van der Waals surface area contributed by atoms with Crippen LogP contribution in [-0.4, -0.2) is 39.5 Å². The molecule has 0 aliphatic rings. The van der Waals surface area contributed by atoms with Crippen molar-refractivity contribution < 1.29 is 15.3 Å². The maximum Gasteiger partial charge on any atom is 0.121 e. The molecule has 0 saturated heterocycles. The minimum Gasteiger partial charge on any atom is -0.507 e. The summed E-state index contributed by atoms with van der Waals surface area (Å²) in [5.74, 6) is 1.88. The van der Waals surface area contributed by atoms with E-state index in [1.807, 2.05) is 25.1 Å². The number of phenolic OH excluding ortho intramolecular Hbond substituents is 1. The summed E-state index contributed by atoms with van der Waals surface area (Å²) >= 11 is 1.62. The first-order valence-corrected chi connectivity index (χ1v) is 6.94. The third kappa shape index (κ3) is 4.98. The zero-order valence-corrected chi connectivity index (χ0v) is 10.9. The average Bonchev–Trinajstić information content (AvgIpc) is 2.33. The van der Waals surface area contributed by atoms with Crippen LogP contribution in [0, 0.1) is 6.92 Å². The van der Waals surface area contributed by atoms with E-state index in [0.29, 0.717) is 11.5 Å². The topological polar surface area (TPSA) is 60.7 Å². The van der Waals surface area contributed by atoms with Crippen LogP contribution >= 0.6 is 11.8 Å². The molecule has 1 rings (SSSR count). The molecule has 0 fully saturated rings. The third-order valence-corrected chi connectivity index (χ3v) is 3.77. The van der Waals surface area contributed by atoms with Gasteiger partial charge in [0.25, 0.3) is 0 Å². The van der Waals surface area contributed by atoms with Gasteiger partial charge in [0, 0.05) is 5.75 Å². The lowest BCUT2D eigenvalue weighted by molar-refractivity contribution is 0.113. The van der Waals surface area contributed by atoms with E-state index in [9.17, 15) is 5.11 Å². The van der Waals surface area contributed by atoms with Gasteiger partial charge in [0.1, 0.15) is 5.75 Å². The van der Waals surface area contributed by atoms with Crippen LogP contribution in [-0.2, 0) is 6.42 Å². The van der Waals surface area contributed by atoms with Gasteiger partial charge in [-0.1, -0.05) is 18.2 Å². The van der Waals surface area contributed by atoms with Crippen molar-refractivity contribution >= 4 is 11.8 Å². The quantitative estimate of drug-likeness (QED) is 0.650. The number of aliphatic hydroxyl groups is 2. The van der Waals surface area contributed by atoms with Crippen molar-refractivity contribution in [2.24, 2.45) is 0 Å². The number of para-hydroxylation sites is 1. The Bertz CT molecular complexity index is 341. The highest BCUT2D eigenvalue weighted by molar-refractivity contribution is 7.99. The molecule has 0 aliphatic heterocycles. The van der Waals surface area contributed by atoms with Crippen molar-refractivity contribution in [1.29, 1.82) is 0 Å². The van der Waals surface area contributed by atoms with Crippen LogP contribution in [0.2, 0.25) is 0 Å². The number of hydrogen-bond donors (Lipinski definition) is 3. The van der Waals surface area contributed by atoms with Gasteiger partial charge >= 0.3 is 0 Å². The Morgan fingerprint density at radius 1 is 1.35 bits per heavy atom. The Kier molecular flexibility index (Phi) is 6.40. The SMILES string of the molecule is Cc1cccc(CCCSCC(O)CO)c1O. The van der Waals surface area contributed by atoms with Gasteiger partial charge < -0.3 is 15.3 Å². The number of thioether (sulfide) groups is 1. The molecule has 0 bridgehead atoms. The molecule has 0 spiro atoms. The lowest BCUT2D eigenvalue weighted by Crippen LogP contribution is -2.14. The smallest absolute Gasteiger partial charge is 0.121 e. The fourth-order valence-electron chi connectivity index (χ4n) is 1.56. The Balaban J connectivity index is 2.25. The molecule has 1 aromatic rings. The molecular weight excluding hydrogens is 236 g/mol. The van der Waals surface area contributed by atoms with Crippen LogP contribution in [0.15, 0.2) is 18.2 Å². The number of rotatable bonds is 7. The van der Waals surface area contributed by atoms with Gasteiger partial charge in [0.05, 0.1) is 12.7 Å². The number of aryl methyl sites for hydroxylation is 2. The van der Waals surface area contributed by atoms with Crippen molar-refractivity contribution in [2.45, 2.75) is 25.9 Å². The van der Waals surface area contributed by atoms with E-state index >= 15 is 0 Å². The van der Waals surface area contributed by atoms with Gasteiger partial charge in [-0.05, 0) is 36.6 Å². The monoisotopic (exact) mass is 256 g/mol. The van der Waals surface area contributed by atoms with Crippen LogP contribution in [0.5, 0.6) is 5.75 Å². The first-order valence-electron chi connectivity index (χ1n) is 5.79. The molecule has 0 heterocycles. The first kappa shape index (κ1) is 14.4. The molecule has 17 heavy (non-hydrogen) atoms. The molecule has 0 amide bonds. The molecule has 4 heteroatoms. The van der Waals surface area contributed by atoms with E-state index in [0.717, 1.165) is 29.7 Å². The van der Waals surface area contributed by atoms with Gasteiger partial charge in [-0.2, -0.15) is 11.8 Å². The van der Waals surface area contributed by atoms with Crippen molar-refractivity contribution in [1.82, 2.24) is 0 Å². The highest BCUT2D eigenvalue weighted by Crippen LogP contribution is 2.23. The van der Waals surface area contributed by atoms with E-state index in [1.54, 1.807) is 11.8 Å². The Morgan fingerprint density at radius 3 is 2.82 bits per heavy atom. The average molecular weight is 256 g/mol. The number of phenols is 1. The van der Waals surface area contributed by atoms with Crippen molar-refractivity contribution in [3.05, 3.63) is 29.3 Å².